The third-order valence-electron chi connectivity index (χ3n) is 3.40. The van der Waals surface area contributed by atoms with Crippen LogP contribution in [0.4, 0.5) is 0 Å². The van der Waals surface area contributed by atoms with E-state index in [0.717, 1.165) is 32.6 Å². The number of rotatable bonds is 7. The predicted molar refractivity (Wildman–Crippen MR) is 77.0 cm³/mol. The van der Waals surface area contributed by atoms with E-state index in [2.05, 4.69) is 20.0 Å². The topological polar surface area (TPSA) is 79.3 Å². The van der Waals surface area contributed by atoms with Crippen molar-refractivity contribution >= 4 is 10.0 Å². The molecule has 0 amide bonds. The first kappa shape index (κ1) is 15.4. The Kier molecular flexibility index (Phi) is 5.14. The fourth-order valence-corrected chi connectivity index (χ4v) is 3.51. The fourth-order valence-electron chi connectivity index (χ4n) is 2.29. The van der Waals surface area contributed by atoms with Crippen LogP contribution >= 0.6 is 0 Å². The Morgan fingerprint density at radius 1 is 1.50 bits per heavy atom. The highest BCUT2D eigenvalue weighted by Gasteiger charge is 2.26. The second-order valence-electron chi connectivity index (χ2n) is 5.16. The van der Waals surface area contributed by atoms with E-state index in [1.807, 2.05) is 14.0 Å². The van der Waals surface area contributed by atoms with Crippen molar-refractivity contribution in [2.75, 3.05) is 33.2 Å². The van der Waals surface area contributed by atoms with E-state index < -0.39 is 10.0 Å². The maximum absolute atomic E-state index is 12.2. The third-order valence-corrected chi connectivity index (χ3v) is 4.88. The molecule has 114 valence electrons. The van der Waals surface area contributed by atoms with Gasteiger partial charge in [0.05, 0.1) is 12.7 Å². The van der Waals surface area contributed by atoms with Crippen LogP contribution in [0.2, 0.25) is 0 Å². The molecule has 7 nitrogen and oxygen atoms in total. The molecular formula is C12H23N5O2S. The third kappa shape index (κ3) is 4.02. The van der Waals surface area contributed by atoms with Crippen LogP contribution in [0, 0.1) is 0 Å². The highest BCUT2D eigenvalue weighted by Crippen LogP contribution is 2.12. The molecule has 1 atom stereocenters. The lowest BCUT2D eigenvalue weighted by Crippen LogP contribution is -2.36. The van der Waals surface area contributed by atoms with Gasteiger partial charge in [0.1, 0.15) is 4.90 Å². The van der Waals surface area contributed by atoms with Gasteiger partial charge in [-0.1, -0.05) is 6.92 Å². The molecule has 0 spiro atoms. The maximum atomic E-state index is 12.2. The van der Waals surface area contributed by atoms with E-state index in [-0.39, 0.29) is 10.9 Å². The smallest absolute Gasteiger partial charge is 0.243 e. The molecule has 1 saturated heterocycles. The van der Waals surface area contributed by atoms with Crippen molar-refractivity contribution in [3.05, 3.63) is 12.4 Å². The number of nitrogens with one attached hydrogen (secondary N) is 2. The largest absolute Gasteiger partial charge is 0.315 e. The van der Waals surface area contributed by atoms with E-state index in [4.69, 9.17) is 0 Å². The van der Waals surface area contributed by atoms with Crippen molar-refractivity contribution in [3.8, 4) is 0 Å². The van der Waals surface area contributed by atoms with Crippen LogP contribution in [-0.4, -0.2) is 62.4 Å². The molecule has 1 aliphatic heterocycles. The zero-order valence-corrected chi connectivity index (χ0v) is 12.9. The number of aromatic nitrogens is 2. The Morgan fingerprint density at radius 2 is 2.30 bits per heavy atom. The first-order chi connectivity index (χ1) is 9.51. The molecule has 0 saturated carbocycles. The lowest BCUT2D eigenvalue weighted by atomic mass is 10.3. The van der Waals surface area contributed by atoms with Gasteiger partial charge in [0.15, 0.2) is 0 Å². The molecule has 1 unspecified atom stereocenters. The molecular weight excluding hydrogens is 278 g/mol. The number of hydrogen-bond donors (Lipinski definition) is 2. The lowest BCUT2D eigenvalue weighted by molar-refractivity contribution is 0.407. The zero-order valence-electron chi connectivity index (χ0n) is 12.0. The summed E-state index contributed by atoms with van der Waals surface area (Å²) >= 11 is 0. The molecule has 0 aliphatic carbocycles. The Bertz CT molecular complexity index is 528. The first-order valence-corrected chi connectivity index (χ1v) is 8.43. The van der Waals surface area contributed by atoms with Gasteiger partial charge in [-0.2, -0.15) is 5.10 Å². The van der Waals surface area contributed by atoms with Crippen LogP contribution in [0.1, 0.15) is 13.3 Å². The number of sulfonamides is 1. The summed E-state index contributed by atoms with van der Waals surface area (Å²) in [7, 11) is -1.46. The molecule has 20 heavy (non-hydrogen) atoms. The maximum Gasteiger partial charge on any atom is 0.243 e. The fraction of sp³-hybridized carbons (Fsp3) is 0.750. The van der Waals surface area contributed by atoms with E-state index in [1.165, 1.54) is 6.20 Å². The monoisotopic (exact) mass is 301 g/mol. The van der Waals surface area contributed by atoms with Gasteiger partial charge >= 0.3 is 0 Å². The van der Waals surface area contributed by atoms with Crippen LogP contribution in [-0.2, 0) is 16.6 Å². The van der Waals surface area contributed by atoms with Gasteiger partial charge in [-0.05, 0) is 26.6 Å². The number of likely N-dealkylation sites (N-methyl/N-ethyl adjacent to an activating group) is 2. The SMILES string of the molecule is CCNCCn1cc(S(=O)(=O)NC2CCN(C)C2)cn1. The van der Waals surface area contributed by atoms with Crippen molar-refractivity contribution in [2.45, 2.75) is 30.8 Å². The van der Waals surface area contributed by atoms with Gasteiger partial charge in [-0.3, -0.25) is 4.68 Å². The van der Waals surface area contributed by atoms with Gasteiger partial charge in [-0.15, -0.1) is 0 Å². The summed E-state index contributed by atoms with van der Waals surface area (Å²) in [6.07, 6.45) is 3.84. The molecule has 1 aliphatic rings. The van der Waals surface area contributed by atoms with E-state index in [0.29, 0.717) is 6.54 Å². The molecule has 2 N–H and O–H groups in total. The Balaban J connectivity index is 1.95. The summed E-state index contributed by atoms with van der Waals surface area (Å²) in [6, 6.07) is -0.00453. The van der Waals surface area contributed by atoms with Crippen molar-refractivity contribution in [1.82, 2.24) is 24.7 Å². The highest BCUT2D eigenvalue weighted by atomic mass is 32.2. The highest BCUT2D eigenvalue weighted by molar-refractivity contribution is 7.89. The molecule has 8 heteroatoms. The summed E-state index contributed by atoms with van der Waals surface area (Å²) in [5.41, 5.74) is 0. The standard InChI is InChI=1S/C12H23N5O2S/c1-3-13-5-7-17-10-12(8-14-17)20(18,19)15-11-4-6-16(2)9-11/h8,10-11,13,15H,3-7,9H2,1-2H3. The lowest BCUT2D eigenvalue weighted by Gasteiger charge is -2.12. The molecule has 2 heterocycles. The minimum Gasteiger partial charge on any atom is -0.315 e. The van der Waals surface area contributed by atoms with Crippen LogP contribution in [0.3, 0.4) is 0 Å². The van der Waals surface area contributed by atoms with Crippen molar-refractivity contribution < 1.29 is 8.42 Å². The number of likely N-dealkylation sites (tertiary alicyclic amines) is 1. The minimum absolute atomic E-state index is 0.00453. The molecule has 2 rings (SSSR count). The minimum atomic E-state index is -3.46. The van der Waals surface area contributed by atoms with Gasteiger partial charge in [0, 0.05) is 25.3 Å². The summed E-state index contributed by atoms with van der Waals surface area (Å²) in [6.45, 7) is 6.04. The molecule has 0 aromatic carbocycles. The van der Waals surface area contributed by atoms with Crippen molar-refractivity contribution in [2.24, 2.45) is 0 Å². The van der Waals surface area contributed by atoms with Crippen LogP contribution < -0.4 is 10.0 Å². The van der Waals surface area contributed by atoms with Gasteiger partial charge < -0.3 is 10.2 Å². The number of hydrogen-bond acceptors (Lipinski definition) is 5. The van der Waals surface area contributed by atoms with Gasteiger partial charge in [0.25, 0.3) is 0 Å². The van der Waals surface area contributed by atoms with Gasteiger partial charge in [0.2, 0.25) is 10.0 Å². The molecule has 0 bridgehead atoms. The molecule has 1 aromatic rings. The van der Waals surface area contributed by atoms with E-state index in [9.17, 15) is 8.42 Å². The van der Waals surface area contributed by atoms with E-state index >= 15 is 0 Å². The van der Waals surface area contributed by atoms with Crippen LogP contribution in [0.25, 0.3) is 0 Å². The Hall–Kier alpha value is -0.960. The summed E-state index contributed by atoms with van der Waals surface area (Å²) in [5.74, 6) is 0. The Morgan fingerprint density at radius 3 is 2.95 bits per heavy atom. The summed E-state index contributed by atoms with van der Waals surface area (Å²) in [5, 5.41) is 7.27. The second kappa shape index (κ2) is 6.66. The van der Waals surface area contributed by atoms with E-state index in [1.54, 1.807) is 10.9 Å². The zero-order chi connectivity index (χ0) is 14.6. The predicted octanol–water partition coefficient (Wildman–Crippen LogP) is -0.525. The molecule has 1 fully saturated rings. The molecule has 0 radical (unpaired) electrons. The molecule has 1 aromatic heterocycles. The van der Waals surface area contributed by atoms with Crippen molar-refractivity contribution in [1.29, 1.82) is 0 Å². The Labute approximate surface area is 120 Å². The summed E-state index contributed by atoms with van der Waals surface area (Å²) in [4.78, 5) is 2.36. The number of nitrogens with zero attached hydrogens (tertiary/aromatic N) is 3. The van der Waals surface area contributed by atoms with Gasteiger partial charge in [-0.25, -0.2) is 13.1 Å². The second-order valence-corrected chi connectivity index (χ2v) is 6.88. The average Bonchev–Trinajstić information content (AvgIpc) is 2.99. The van der Waals surface area contributed by atoms with Crippen LogP contribution in [0.5, 0.6) is 0 Å². The van der Waals surface area contributed by atoms with Crippen LogP contribution in [0.15, 0.2) is 17.3 Å². The quantitative estimate of drug-likeness (QED) is 0.662. The first-order valence-electron chi connectivity index (χ1n) is 6.95. The average molecular weight is 301 g/mol. The normalized spacial score (nSPS) is 20.6. The summed E-state index contributed by atoms with van der Waals surface area (Å²) < 4.78 is 28.9. The van der Waals surface area contributed by atoms with Crippen molar-refractivity contribution in [3.63, 3.8) is 0 Å².